The maximum absolute atomic E-state index is 12.0. The number of hydrazine groups is 1. The quantitative estimate of drug-likeness (QED) is 0.419. The molecular formula is C13H18BrF3N2O2. The predicted octanol–water partition coefficient (Wildman–Crippen LogP) is 2.80. The van der Waals surface area contributed by atoms with Gasteiger partial charge in [0.25, 0.3) is 0 Å². The van der Waals surface area contributed by atoms with Gasteiger partial charge in [-0.15, -0.1) is 0 Å². The maximum Gasteiger partial charge on any atom is 0.411 e. The lowest BCUT2D eigenvalue weighted by Crippen LogP contribution is -2.38. The molecule has 0 aliphatic heterocycles. The van der Waals surface area contributed by atoms with Crippen LogP contribution in [0.25, 0.3) is 0 Å². The van der Waals surface area contributed by atoms with Crippen molar-refractivity contribution in [1.29, 1.82) is 0 Å². The predicted molar refractivity (Wildman–Crippen MR) is 77.0 cm³/mol. The molecule has 1 rings (SSSR count). The highest BCUT2D eigenvalue weighted by Crippen LogP contribution is 2.24. The molecule has 0 heterocycles. The van der Waals surface area contributed by atoms with Crippen LogP contribution in [-0.2, 0) is 11.2 Å². The highest BCUT2D eigenvalue weighted by molar-refractivity contribution is 9.10. The molecule has 0 aliphatic rings. The van der Waals surface area contributed by atoms with Crippen LogP contribution in [0.15, 0.2) is 22.7 Å². The molecule has 0 fully saturated rings. The van der Waals surface area contributed by atoms with Gasteiger partial charge in [0.1, 0.15) is 12.4 Å². The van der Waals surface area contributed by atoms with Crippen LogP contribution in [0.4, 0.5) is 13.2 Å². The maximum atomic E-state index is 12.0. The molecule has 0 aliphatic carbocycles. The Balaban J connectivity index is 2.50. The highest BCUT2D eigenvalue weighted by Gasteiger charge is 2.27. The van der Waals surface area contributed by atoms with E-state index in [4.69, 9.17) is 10.6 Å². The zero-order chi connectivity index (χ0) is 15.9. The molecule has 1 atom stereocenters. The van der Waals surface area contributed by atoms with Gasteiger partial charge in [0.2, 0.25) is 0 Å². The third-order valence-corrected chi connectivity index (χ3v) is 3.60. The number of hydrogen-bond acceptors (Lipinski definition) is 4. The Hall–Kier alpha value is -0.830. The molecule has 120 valence electrons. The fourth-order valence-electron chi connectivity index (χ4n) is 1.76. The van der Waals surface area contributed by atoms with Crippen molar-refractivity contribution in [3.63, 3.8) is 0 Å². The first-order chi connectivity index (χ1) is 9.85. The van der Waals surface area contributed by atoms with Crippen molar-refractivity contribution < 1.29 is 22.6 Å². The number of rotatable bonds is 8. The van der Waals surface area contributed by atoms with E-state index in [2.05, 4.69) is 26.1 Å². The molecule has 0 aromatic heterocycles. The van der Waals surface area contributed by atoms with Gasteiger partial charge in [0.05, 0.1) is 7.11 Å². The molecule has 0 spiro atoms. The van der Waals surface area contributed by atoms with Crippen LogP contribution in [-0.4, -0.2) is 32.5 Å². The molecule has 1 aromatic rings. The number of nitrogens with one attached hydrogen (secondary N) is 1. The largest absolute Gasteiger partial charge is 0.497 e. The Bertz CT molecular complexity index is 444. The average Bonchev–Trinajstić information content (AvgIpc) is 2.43. The molecule has 1 aromatic carbocycles. The van der Waals surface area contributed by atoms with Crippen LogP contribution in [0, 0.1) is 0 Å². The van der Waals surface area contributed by atoms with Crippen LogP contribution in [0.3, 0.4) is 0 Å². The van der Waals surface area contributed by atoms with Crippen LogP contribution in [0.2, 0.25) is 0 Å². The van der Waals surface area contributed by atoms with Gasteiger partial charge in [0.15, 0.2) is 0 Å². The summed E-state index contributed by atoms with van der Waals surface area (Å²) in [5.41, 5.74) is 3.54. The van der Waals surface area contributed by atoms with Crippen LogP contribution < -0.4 is 16.0 Å². The zero-order valence-corrected chi connectivity index (χ0v) is 13.1. The zero-order valence-electron chi connectivity index (χ0n) is 11.5. The Morgan fingerprint density at radius 3 is 2.67 bits per heavy atom. The molecular weight excluding hydrogens is 353 g/mol. The van der Waals surface area contributed by atoms with E-state index < -0.39 is 12.8 Å². The first-order valence-corrected chi connectivity index (χ1v) is 7.08. The van der Waals surface area contributed by atoms with Crippen molar-refractivity contribution in [2.45, 2.75) is 25.1 Å². The number of alkyl halides is 3. The molecule has 0 bridgehead atoms. The monoisotopic (exact) mass is 370 g/mol. The van der Waals surface area contributed by atoms with Gasteiger partial charge in [-0.1, -0.05) is 15.9 Å². The third kappa shape index (κ3) is 7.12. The summed E-state index contributed by atoms with van der Waals surface area (Å²) >= 11 is 3.42. The van der Waals surface area contributed by atoms with Crippen molar-refractivity contribution in [3.05, 3.63) is 28.2 Å². The smallest absolute Gasteiger partial charge is 0.411 e. The molecule has 3 N–H and O–H groups in total. The summed E-state index contributed by atoms with van der Waals surface area (Å²) in [6.07, 6.45) is -3.39. The second kappa shape index (κ2) is 8.57. The van der Waals surface area contributed by atoms with E-state index in [1.807, 2.05) is 18.2 Å². The van der Waals surface area contributed by atoms with Crippen LogP contribution in [0.1, 0.15) is 12.0 Å². The van der Waals surface area contributed by atoms with Gasteiger partial charge in [0, 0.05) is 17.1 Å². The Morgan fingerprint density at radius 2 is 2.10 bits per heavy atom. The minimum atomic E-state index is -4.30. The van der Waals surface area contributed by atoms with Crippen molar-refractivity contribution in [2.24, 2.45) is 5.84 Å². The Morgan fingerprint density at radius 1 is 1.38 bits per heavy atom. The normalized spacial score (nSPS) is 13.2. The standard InChI is InChI=1S/C13H18BrF3N2O2/c1-20-11-2-3-12(14)9(7-11)6-10(19-18)4-5-21-8-13(15,16)17/h2-3,7,10,19H,4-6,8,18H2,1H3. The number of halogens is 4. The Labute approximate surface area is 129 Å². The van der Waals surface area contributed by atoms with Crippen LogP contribution >= 0.6 is 15.9 Å². The molecule has 0 saturated heterocycles. The molecule has 21 heavy (non-hydrogen) atoms. The molecule has 8 heteroatoms. The lowest BCUT2D eigenvalue weighted by molar-refractivity contribution is -0.174. The molecule has 0 radical (unpaired) electrons. The minimum absolute atomic E-state index is 0.0179. The van der Waals surface area contributed by atoms with Crippen molar-refractivity contribution in [2.75, 3.05) is 20.3 Å². The first-order valence-electron chi connectivity index (χ1n) is 6.28. The van der Waals surface area contributed by atoms with E-state index in [9.17, 15) is 13.2 Å². The second-order valence-electron chi connectivity index (χ2n) is 4.48. The Kier molecular flexibility index (Phi) is 7.44. The molecule has 1 unspecified atom stereocenters. The summed E-state index contributed by atoms with van der Waals surface area (Å²) in [6, 6.07) is 5.32. The van der Waals surface area contributed by atoms with E-state index in [0.29, 0.717) is 18.6 Å². The number of ether oxygens (including phenoxy) is 2. The van der Waals surface area contributed by atoms with E-state index in [0.717, 1.165) is 10.0 Å². The second-order valence-corrected chi connectivity index (χ2v) is 5.34. The summed E-state index contributed by atoms with van der Waals surface area (Å²) < 4.78 is 46.5. The van der Waals surface area contributed by atoms with Gasteiger partial charge in [-0.25, -0.2) is 0 Å². The van der Waals surface area contributed by atoms with Crippen LogP contribution in [0.5, 0.6) is 5.75 Å². The summed E-state index contributed by atoms with van der Waals surface area (Å²) in [5, 5.41) is 0. The molecule has 0 saturated carbocycles. The third-order valence-electron chi connectivity index (χ3n) is 2.83. The summed E-state index contributed by atoms with van der Waals surface area (Å²) in [4.78, 5) is 0. The van der Waals surface area contributed by atoms with Gasteiger partial charge in [-0.05, 0) is 36.6 Å². The van der Waals surface area contributed by atoms with Gasteiger partial charge < -0.3 is 9.47 Å². The lowest BCUT2D eigenvalue weighted by Gasteiger charge is -2.17. The fourth-order valence-corrected chi connectivity index (χ4v) is 2.17. The van der Waals surface area contributed by atoms with E-state index in [1.54, 1.807) is 7.11 Å². The number of methoxy groups -OCH3 is 1. The van der Waals surface area contributed by atoms with E-state index in [-0.39, 0.29) is 12.6 Å². The van der Waals surface area contributed by atoms with Gasteiger partial charge >= 0.3 is 6.18 Å². The number of hydrogen-bond donors (Lipinski definition) is 2. The highest BCUT2D eigenvalue weighted by atomic mass is 79.9. The van der Waals surface area contributed by atoms with E-state index >= 15 is 0 Å². The molecule has 4 nitrogen and oxygen atoms in total. The van der Waals surface area contributed by atoms with Gasteiger partial charge in [-0.3, -0.25) is 11.3 Å². The minimum Gasteiger partial charge on any atom is -0.497 e. The summed E-state index contributed by atoms with van der Waals surface area (Å²) in [7, 11) is 1.57. The average molecular weight is 371 g/mol. The number of nitrogens with two attached hydrogens (primary N) is 1. The lowest BCUT2D eigenvalue weighted by atomic mass is 10.0. The number of benzene rings is 1. The van der Waals surface area contributed by atoms with Crippen molar-refractivity contribution in [1.82, 2.24) is 5.43 Å². The topological polar surface area (TPSA) is 56.5 Å². The van der Waals surface area contributed by atoms with Crippen molar-refractivity contribution in [3.8, 4) is 5.75 Å². The fraction of sp³-hybridized carbons (Fsp3) is 0.538. The summed E-state index contributed by atoms with van der Waals surface area (Å²) in [5.74, 6) is 6.14. The van der Waals surface area contributed by atoms with Gasteiger partial charge in [-0.2, -0.15) is 13.2 Å². The molecule has 0 amide bonds. The van der Waals surface area contributed by atoms with E-state index in [1.165, 1.54) is 0 Å². The first kappa shape index (κ1) is 18.2. The summed E-state index contributed by atoms with van der Waals surface area (Å²) in [6.45, 7) is -1.26. The SMILES string of the molecule is COc1ccc(Br)c(CC(CCOCC(F)(F)F)NN)c1. The van der Waals surface area contributed by atoms with Crippen molar-refractivity contribution >= 4 is 15.9 Å².